The van der Waals surface area contributed by atoms with Gasteiger partial charge in [0.1, 0.15) is 6.73 Å². The summed E-state index contributed by atoms with van der Waals surface area (Å²) in [5.41, 5.74) is 1.92. The zero-order chi connectivity index (χ0) is 14.6. The van der Waals surface area contributed by atoms with Crippen LogP contribution in [-0.2, 0) is 11.4 Å². The fourth-order valence-corrected chi connectivity index (χ4v) is 1.41. The molecule has 1 aromatic heterocycles. The molecular formula is C16H20N3O+. The van der Waals surface area contributed by atoms with Crippen molar-refractivity contribution in [2.45, 2.75) is 6.67 Å². The van der Waals surface area contributed by atoms with Gasteiger partial charge in [0, 0.05) is 18.3 Å². The molecule has 1 rings (SSSR count). The number of ether oxygens (including phenoxy) is 1. The third-order valence-electron chi connectivity index (χ3n) is 2.50. The van der Waals surface area contributed by atoms with E-state index in [-0.39, 0.29) is 0 Å². The van der Waals surface area contributed by atoms with E-state index in [4.69, 9.17) is 10.1 Å². The van der Waals surface area contributed by atoms with Gasteiger partial charge in [-0.25, -0.2) is 5.32 Å². The maximum Gasteiger partial charge on any atom is 0.204 e. The number of aromatic nitrogens is 1. The Morgan fingerprint density at radius 1 is 1.35 bits per heavy atom. The standard InChI is InChI=1S/C16H20N3O/c1-3-15(5-9-17)8-12-20-14-18-13-19-10-6-16(4-2)7-11-19/h3-12,17-18H,1-2,13-14H2/q+1/b12-8-,15-5-,17-9?. The molecule has 0 spiro atoms. The van der Waals surface area contributed by atoms with Crippen LogP contribution in [0.15, 0.2) is 67.7 Å². The van der Waals surface area contributed by atoms with Crippen LogP contribution in [0.3, 0.4) is 0 Å². The first-order chi connectivity index (χ1) is 9.80. The van der Waals surface area contributed by atoms with Crippen molar-refractivity contribution in [2.24, 2.45) is 0 Å². The molecule has 0 aromatic carbocycles. The van der Waals surface area contributed by atoms with Crippen LogP contribution in [0.4, 0.5) is 0 Å². The Balaban J connectivity index is 2.26. The maximum atomic E-state index is 6.96. The summed E-state index contributed by atoms with van der Waals surface area (Å²) in [6.45, 7) is 8.42. The Labute approximate surface area is 119 Å². The van der Waals surface area contributed by atoms with E-state index >= 15 is 0 Å². The molecule has 0 radical (unpaired) electrons. The fourth-order valence-electron chi connectivity index (χ4n) is 1.41. The van der Waals surface area contributed by atoms with E-state index in [0.29, 0.717) is 13.4 Å². The first-order valence-corrected chi connectivity index (χ1v) is 6.23. The van der Waals surface area contributed by atoms with E-state index in [1.807, 2.05) is 35.2 Å². The number of rotatable bonds is 9. The molecule has 0 aliphatic heterocycles. The maximum absolute atomic E-state index is 6.96. The van der Waals surface area contributed by atoms with Gasteiger partial charge in [-0.15, -0.1) is 0 Å². The Morgan fingerprint density at radius 3 is 2.70 bits per heavy atom. The topological polar surface area (TPSA) is 49.0 Å². The van der Waals surface area contributed by atoms with Gasteiger partial charge >= 0.3 is 0 Å². The Bertz CT molecular complexity index is 501. The molecule has 0 aliphatic rings. The predicted molar refractivity (Wildman–Crippen MR) is 82.0 cm³/mol. The van der Waals surface area contributed by atoms with Gasteiger partial charge in [0.15, 0.2) is 12.4 Å². The van der Waals surface area contributed by atoms with E-state index < -0.39 is 0 Å². The van der Waals surface area contributed by atoms with Crippen molar-refractivity contribution in [3.8, 4) is 0 Å². The molecule has 0 unspecified atom stereocenters. The van der Waals surface area contributed by atoms with Crippen LogP contribution in [0.1, 0.15) is 5.56 Å². The van der Waals surface area contributed by atoms with E-state index in [2.05, 4.69) is 18.5 Å². The van der Waals surface area contributed by atoms with Crippen LogP contribution in [-0.4, -0.2) is 12.9 Å². The van der Waals surface area contributed by atoms with Crippen LogP contribution in [0, 0.1) is 5.41 Å². The smallest absolute Gasteiger partial charge is 0.204 e. The molecule has 2 N–H and O–H groups in total. The molecule has 1 heterocycles. The van der Waals surface area contributed by atoms with Crippen molar-refractivity contribution < 1.29 is 9.30 Å². The largest absolute Gasteiger partial charge is 0.486 e. The van der Waals surface area contributed by atoms with E-state index in [1.54, 1.807) is 24.5 Å². The van der Waals surface area contributed by atoms with E-state index in [1.165, 1.54) is 6.21 Å². The van der Waals surface area contributed by atoms with Crippen molar-refractivity contribution in [3.05, 3.63) is 73.3 Å². The van der Waals surface area contributed by atoms with E-state index in [9.17, 15) is 0 Å². The summed E-state index contributed by atoms with van der Waals surface area (Å²) in [5, 5.41) is 10.1. The van der Waals surface area contributed by atoms with Crippen molar-refractivity contribution in [1.29, 1.82) is 5.41 Å². The summed E-state index contributed by atoms with van der Waals surface area (Å²) in [6.07, 6.45) is 13.6. The van der Waals surface area contributed by atoms with Gasteiger partial charge in [0.2, 0.25) is 6.67 Å². The Hall–Kier alpha value is -2.46. The van der Waals surface area contributed by atoms with E-state index in [0.717, 1.165) is 11.1 Å². The van der Waals surface area contributed by atoms with Crippen LogP contribution in [0.25, 0.3) is 6.08 Å². The molecular weight excluding hydrogens is 250 g/mol. The fraction of sp³-hybridized carbons (Fsp3) is 0.125. The van der Waals surface area contributed by atoms with Gasteiger partial charge < -0.3 is 10.1 Å². The van der Waals surface area contributed by atoms with Crippen LogP contribution in [0.5, 0.6) is 0 Å². The second-order valence-corrected chi connectivity index (χ2v) is 3.91. The Morgan fingerprint density at radius 2 is 2.10 bits per heavy atom. The highest BCUT2D eigenvalue weighted by atomic mass is 16.5. The summed E-state index contributed by atoms with van der Waals surface area (Å²) in [6, 6.07) is 3.99. The van der Waals surface area contributed by atoms with Gasteiger partial charge in [-0.3, -0.25) is 0 Å². The zero-order valence-electron chi connectivity index (χ0n) is 11.5. The quantitative estimate of drug-likeness (QED) is 0.181. The lowest BCUT2D eigenvalue weighted by atomic mass is 10.2. The number of pyridine rings is 1. The minimum Gasteiger partial charge on any atom is -0.486 e. The highest BCUT2D eigenvalue weighted by Gasteiger charge is 1.97. The van der Waals surface area contributed by atoms with Gasteiger partial charge in [-0.2, -0.15) is 4.57 Å². The third-order valence-corrected chi connectivity index (χ3v) is 2.50. The highest BCUT2D eigenvalue weighted by Crippen LogP contribution is 1.96. The lowest BCUT2D eigenvalue weighted by molar-refractivity contribution is -0.702. The van der Waals surface area contributed by atoms with Crippen molar-refractivity contribution in [3.63, 3.8) is 0 Å². The monoisotopic (exact) mass is 270 g/mol. The first-order valence-electron chi connectivity index (χ1n) is 6.23. The molecule has 4 heteroatoms. The molecule has 1 aromatic rings. The minimum absolute atomic E-state index is 0.404. The molecule has 0 amide bonds. The van der Waals surface area contributed by atoms with Crippen molar-refractivity contribution >= 4 is 12.3 Å². The highest BCUT2D eigenvalue weighted by molar-refractivity contribution is 5.70. The van der Waals surface area contributed by atoms with Gasteiger partial charge in [0.05, 0.1) is 6.26 Å². The third kappa shape index (κ3) is 5.93. The summed E-state index contributed by atoms with van der Waals surface area (Å²) in [4.78, 5) is 0. The summed E-state index contributed by atoms with van der Waals surface area (Å²) >= 11 is 0. The molecule has 0 saturated heterocycles. The lowest BCUT2D eigenvalue weighted by Gasteiger charge is -2.01. The molecule has 20 heavy (non-hydrogen) atoms. The summed E-state index contributed by atoms with van der Waals surface area (Å²) < 4.78 is 7.30. The van der Waals surface area contributed by atoms with Gasteiger partial charge in [-0.05, 0) is 23.3 Å². The predicted octanol–water partition coefficient (Wildman–Crippen LogP) is 2.41. The molecule has 104 valence electrons. The van der Waals surface area contributed by atoms with Crippen molar-refractivity contribution in [2.75, 3.05) is 6.73 Å². The summed E-state index contributed by atoms with van der Waals surface area (Å²) in [7, 11) is 0. The van der Waals surface area contributed by atoms with Crippen LogP contribution in [0.2, 0.25) is 0 Å². The Kier molecular flexibility index (Phi) is 7.38. The number of hydrogen-bond acceptors (Lipinski definition) is 3. The first kappa shape index (κ1) is 15.6. The lowest BCUT2D eigenvalue weighted by Crippen LogP contribution is -2.41. The molecule has 0 bridgehead atoms. The summed E-state index contributed by atoms with van der Waals surface area (Å²) in [5.74, 6) is 0. The van der Waals surface area contributed by atoms with Crippen molar-refractivity contribution in [1.82, 2.24) is 5.32 Å². The van der Waals surface area contributed by atoms with Gasteiger partial charge in [-0.1, -0.05) is 25.3 Å². The molecule has 0 saturated carbocycles. The number of allylic oxidation sites excluding steroid dienone is 4. The van der Waals surface area contributed by atoms with Gasteiger partial charge in [0.25, 0.3) is 0 Å². The number of nitrogens with zero attached hydrogens (tertiary/aromatic N) is 1. The molecule has 0 fully saturated rings. The second kappa shape index (κ2) is 9.47. The number of hydrogen-bond donors (Lipinski definition) is 2. The average Bonchev–Trinajstić information content (AvgIpc) is 2.50. The number of nitrogens with one attached hydrogen (secondary N) is 2. The SMILES string of the molecule is C=CC(/C=C\OCNC[n+]1ccc(C=C)cc1)=C/C=N. The van der Waals surface area contributed by atoms with Crippen LogP contribution < -0.4 is 9.88 Å². The normalized spacial score (nSPS) is 11.3. The minimum atomic E-state index is 0.404. The van der Waals surface area contributed by atoms with Crippen LogP contribution >= 0.6 is 0 Å². The second-order valence-electron chi connectivity index (χ2n) is 3.91. The molecule has 0 atom stereocenters. The molecule has 0 aliphatic carbocycles. The average molecular weight is 270 g/mol. The molecule has 4 nitrogen and oxygen atoms in total. The zero-order valence-corrected chi connectivity index (χ0v) is 11.5.